The van der Waals surface area contributed by atoms with Crippen LogP contribution in [-0.4, -0.2) is 41.4 Å². The molecule has 0 saturated carbocycles. The van der Waals surface area contributed by atoms with Crippen LogP contribution in [0.3, 0.4) is 0 Å². The van der Waals surface area contributed by atoms with E-state index >= 15 is 0 Å². The Bertz CT molecular complexity index is 993. The van der Waals surface area contributed by atoms with Gasteiger partial charge in [-0.1, -0.05) is 24.3 Å². The smallest absolute Gasteiger partial charge is 0.338 e. The van der Waals surface area contributed by atoms with Gasteiger partial charge < -0.3 is 4.74 Å². The predicted octanol–water partition coefficient (Wildman–Crippen LogP) is 2.42. The lowest BCUT2D eigenvalue weighted by atomic mass is 10.1. The molecule has 140 valence electrons. The third-order valence-corrected chi connectivity index (χ3v) is 6.68. The number of rotatable bonds is 7. The monoisotopic (exact) mass is 396 g/mol. The van der Waals surface area contributed by atoms with Crippen LogP contribution in [0, 0.1) is 6.92 Å². The normalized spacial score (nSPS) is 11.9. The molecule has 2 aromatic carbocycles. The lowest BCUT2D eigenvalue weighted by Crippen LogP contribution is -2.13. The highest BCUT2D eigenvalue weighted by atomic mass is 32.2. The van der Waals surface area contributed by atoms with Crippen molar-refractivity contribution in [1.82, 2.24) is 0 Å². The number of benzene rings is 2. The zero-order valence-electron chi connectivity index (χ0n) is 14.5. The summed E-state index contributed by atoms with van der Waals surface area (Å²) in [7, 11) is -6.87. The van der Waals surface area contributed by atoms with Gasteiger partial charge in [-0.2, -0.15) is 0 Å². The molecule has 0 aliphatic carbocycles. The molecule has 0 amide bonds. The molecule has 2 rings (SSSR count). The number of hydrogen-bond donors (Lipinski definition) is 0. The van der Waals surface area contributed by atoms with Gasteiger partial charge >= 0.3 is 5.97 Å². The average molecular weight is 396 g/mol. The Kier molecular flexibility index (Phi) is 6.20. The second-order valence-electron chi connectivity index (χ2n) is 5.87. The molecule has 0 atom stereocenters. The van der Waals surface area contributed by atoms with Crippen molar-refractivity contribution in [2.24, 2.45) is 0 Å². The number of ether oxygens (including phenoxy) is 1. The van der Waals surface area contributed by atoms with Crippen LogP contribution in [0.15, 0.2) is 58.3 Å². The van der Waals surface area contributed by atoms with Gasteiger partial charge in [-0.25, -0.2) is 21.6 Å². The first kappa shape index (κ1) is 20.1. The molecule has 0 aliphatic rings. The fourth-order valence-corrected chi connectivity index (χ4v) is 4.24. The first-order chi connectivity index (χ1) is 12.1. The fraction of sp³-hybridized carbons (Fsp3) is 0.278. The van der Waals surface area contributed by atoms with Crippen molar-refractivity contribution >= 4 is 25.6 Å². The topological polar surface area (TPSA) is 94.6 Å². The Morgan fingerprint density at radius 2 is 1.62 bits per heavy atom. The van der Waals surface area contributed by atoms with Crippen molar-refractivity contribution in [1.29, 1.82) is 0 Å². The van der Waals surface area contributed by atoms with E-state index in [1.807, 2.05) is 0 Å². The standard InChI is InChI=1S/C18H20O6S2/c1-14-9-10-16(25(2,20)21)13-17(14)18(19)24-11-6-12-26(22,23)15-7-4-3-5-8-15/h3-5,7-10,13H,6,11-12H2,1-2H3. The fourth-order valence-electron chi connectivity index (χ4n) is 2.29. The minimum Gasteiger partial charge on any atom is -0.462 e. The van der Waals surface area contributed by atoms with E-state index in [9.17, 15) is 21.6 Å². The van der Waals surface area contributed by atoms with E-state index in [4.69, 9.17) is 4.74 Å². The molecule has 0 radical (unpaired) electrons. The molecule has 0 N–H and O–H groups in total. The number of sulfone groups is 2. The molecule has 0 unspecified atom stereocenters. The first-order valence-electron chi connectivity index (χ1n) is 7.87. The minimum atomic E-state index is -3.44. The molecule has 8 heteroatoms. The lowest BCUT2D eigenvalue weighted by molar-refractivity contribution is 0.0504. The van der Waals surface area contributed by atoms with E-state index in [1.54, 1.807) is 25.1 Å². The Morgan fingerprint density at radius 1 is 0.962 bits per heavy atom. The molecule has 0 fully saturated rings. The van der Waals surface area contributed by atoms with Crippen molar-refractivity contribution in [3.63, 3.8) is 0 Å². The Balaban J connectivity index is 1.98. The van der Waals surface area contributed by atoms with E-state index in [1.165, 1.54) is 30.3 Å². The van der Waals surface area contributed by atoms with Crippen LogP contribution in [0.2, 0.25) is 0 Å². The second-order valence-corrected chi connectivity index (χ2v) is 10.00. The first-order valence-corrected chi connectivity index (χ1v) is 11.4. The van der Waals surface area contributed by atoms with Gasteiger partial charge in [0.1, 0.15) is 0 Å². The number of carbonyl (C=O) groups excluding carboxylic acids is 1. The summed E-state index contributed by atoms with van der Waals surface area (Å²) in [5, 5.41) is 0. The maximum absolute atomic E-state index is 12.2. The van der Waals surface area contributed by atoms with Crippen molar-refractivity contribution in [2.45, 2.75) is 23.1 Å². The molecular weight excluding hydrogens is 376 g/mol. The van der Waals surface area contributed by atoms with Gasteiger partial charge in [-0.05, 0) is 43.2 Å². The van der Waals surface area contributed by atoms with Crippen molar-refractivity contribution in [3.8, 4) is 0 Å². The summed E-state index contributed by atoms with van der Waals surface area (Å²) in [5.74, 6) is -0.822. The van der Waals surface area contributed by atoms with Crippen LogP contribution in [0.4, 0.5) is 0 Å². The molecule has 0 heterocycles. The second kappa shape index (κ2) is 8.01. The zero-order chi connectivity index (χ0) is 19.4. The summed E-state index contributed by atoms with van der Waals surface area (Å²) >= 11 is 0. The highest BCUT2D eigenvalue weighted by Crippen LogP contribution is 2.17. The van der Waals surface area contributed by atoms with Gasteiger partial charge in [0, 0.05) is 6.26 Å². The van der Waals surface area contributed by atoms with Crippen LogP contribution < -0.4 is 0 Å². The maximum Gasteiger partial charge on any atom is 0.338 e. The van der Waals surface area contributed by atoms with E-state index in [2.05, 4.69) is 0 Å². The van der Waals surface area contributed by atoms with Crippen molar-refractivity contribution in [2.75, 3.05) is 18.6 Å². The summed E-state index contributed by atoms with van der Waals surface area (Å²) in [6.45, 7) is 1.59. The van der Waals surface area contributed by atoms with Crippen molar-refractivity contribution < 1.29 is 26.4 Å². The van der Waals surface area contributed by atoms with E-state index in [-0.39, 0.29) is 34.1 Å². The summed E-state index contributed by atoms with van der Waals surface area (Å²) in [5.41, 5.74) is 0.734. The van der Waals surface area contributed by atoms with Crippen molar-refractivity contribution in [3.05, 3.63) is 59.7 Å². The minimum absolute atomic E-state index is 0.0294. The van der Waals surface area contributed by atoms with Gasteiger partial charge in [-0.3, -0.25) is 0 Å². The van der Waals surface area contributed by atoms with E-state index in [0.717, 1.165) is 6.26 Å². The summed E-state index contributed by atoms with van der Waals surface area (Å²) in [6, 6.07) is 12.3. The summed E-state index contributed by atoms with van der Waals surface area (Å²) in [6.07, 6.45) is 1.20. The number of hydrogen-bond acceptors (Lipinski definition) is 6. The molecular formula is C18H20O6S2. The van der Waals surface area contributed by atoms with E-state index in [0.29, 0.717) is 5.56 Å². The van der Waals surface area contributed by atoms with Crippen LogP contribution in [0.1, 0.15) is 22.3 Å². The van der Waals surface area contributed by atoms with Crippen LogP contribution in [0.5, 0.6) is 0 Å². The molecule has 0 aromatic heterocycles. The number of carbonyl (C=O) groups is 1. The largest absolute Gasteiger partial charge is 0.462 e. The van der Waals surface area contributed by atoms with Crippen LogP contribution in [-0.2, 0) is 24.4 Å². The van der Waals surface area contributed by atoms with Gasteiger partial charge in [0.25, 0.3) is 0 Å². The van der Waals surface area contributed by atoms with Gasteiger partial charge in [-0.15, -0.1) is 0 Å². The Labute approximate surface area is 153 Å². The van der Waals surface area contributed by atoms with Crippen LogP contribution >= 0.6 is 0 Å². The highest BCUT2D eigenvalue weighted by molar-refractivity contribution is 7.91. The highest BCUT2D eigenvalue weighted by Gasteiger charge is 2.17. The molecule has 0 saturated heterocycles. The molecule has 0 bridgehead atoms. The van der Waals surface area contributed by atoms with Crippen LogP contribution in [0.25, 0.3) is 0 Å². The Hall–Kier alpha value is -2.19. The van der Waals surface area contributed by atoms with E-state index < -0.39 is 25.6 Å². The predicted molar refractivity (Wildman–Crippen MR) is 97.7 cm³/mol. The summed E-state index contributed by atoms with van der Waals surface area (Å²) in [4.78, 5) is 12.4. The molecule has 0 aliphatic heterocycles. The SMILES string of the molecule is Cc1ccc(S(C)(=O)=O)cc1C(=O)OCCCS(=O)(=O)c1ccccc1. The average Bonchev–Trinajstić information content (AvgIpc) is 2.58. The lowest BCUT2D eigenvalue weighted by Gasteiger charge is -2.09. The zero-order valence-corrected chi connectivity index (χ0v) is 16.1. The third-order valence-electron chi connectivity index (χ3n) is 3.75. The third kappa shape index (κ3) is 5.15. The number of esters is 1. The summed E-state index contributed by atoms with van der Waals surface area (Å²) < 4.78 is 52.6. The number of aryl methyl sites for hydroxylation is 1. The van der Waals surface area contributed by atoms with Gasteiger partial charge in [0.2, 0.25) is 0 Å². The van der Waals surface area contributed by atoms with Gasteiger partial charge in [0.05, 0.1) is 27.7 Å². The maximum atomic E-state index is 12.2. The molecule has 2 aromatic rings. The quantitative estimate of drug-likeness (QED) is 0.527. The molecule has 0 spiro atoms. The molecule has 26 heavy (non-hydrogen) atoms. The Morgan fingerprint density at radius 3 is 2.23 bits per heavy atom. The molecule has 6 nitrogen and oxygen atoms in total. The van der Waals surface area contributed by atoms with Gasteiger partial charge in [0.15, 0.2) is 19.7 Å².